The van der Waals surface area contributed by atoms with Gasteiger partial charge in [-0.3, -0.25) is 0 Å². The molecule has 2 aromatic heterocycles. The van der Waals surface area contributed by atoms with Crippen molar-refractivity contribution in [2.24, 2.45) is 0 Å². The predicted octanol–water partition coefficient (Wildman–Crippen LogP) is 1.62. The van der Waals surface area contributed by atoms with Gasteiger partial charge in [-0.15, -0.1) is 0 Å². The van der Waals surface area contributed by atoms with Crippen LogP contribution < -0.4 is 14.0 Å². The molecule has 0 N–H and O–H groups in total. The molecule has 0 aliphatic rings. The minimum atomic E-state index is 0.504. The number of nitrogens with zero attached hydrogens (tertiary/aromatic N) is 3. The maximum atomic E-state index is 5.71. The molecule has 1 aromatic carbocycles. The van der Waals surface area contributed by atoms with Crippen LogP contribution in [0.4, 0.5) is 0 Å². The monoisotopic (exact) mass is 327 g/mol. The van der Waals surface area contributed by atoms with Crippen LogP contribution in [0, 0.1) is 0 Å². The first-order valence-corrected chi connectivity index (χ1v) is 6.83. The Labute approximate surface area is 124 Å². The molecule has 0 amide bonds. The molecule has 3 rings (SSSR count). The van der Waals surface area contributed by atoms with Gasteiger partial charge in [0.15, 0.2) is 0 Å². The molecule has 0 aliphatic carbocycles. The Kier molecular flexibility index (Phi) is 3.52. The summed E-state index contributed by atoms with van der Waals surface area (Å²) in [6.45, 7) is 0. The van der Waals surface area contributed by atoms with Crippen LogP contribution in [0.1, 0.15) is 0 Å². The first kappa shape index (κ1) is 12.9. The normalized spacial score (nSPS) is 10.5. The van der Waals surface area contributed by atoms with Crippen LogP contribution in [0.5, 0.6) is 17.4 Å². The Morgan fingerprint density at radius 2 is 1.70 bits per heavy atom. The van der Waals surface area contributed by atoms with Crippen LogP contribution in [0.25, 0.3) is 11.0 Å². The second kappa shape index (κ2) is 5.47. The van der Waals surface area contributed by atoms with Crippen molar-refractivity contribution >= 4 is 32.4 Å². The van der Waals surface area contributed by atoms with Crippen molar-refractivity contribution in [3.8, 4) is 17.4 Å². The number of hydrogen-bond donors (Lipinski definition) is 0. The first-order chi connectivity index (χ1) is 9.76. The van der Waals surface area contributed by atoms with Crippen LogP contribution in [0.2, 0.25) is 0 Å². The summed E-state index contributed by atoms with van der Waals surface area (Å²) in [6, 6.07) is 11.0. The van der Waals surface area contributed by atoms with E-state index in [0.717, 1.165) is 21.3 Å². The standard InChI is InChI=1S/C14H10AsN3O2/c1-19-9-2-4-10(5-3-9)20-12-7-6-11-13(18-12)14(15)17-8-16-11/h2-8H,1H3. The van der Waals surface area contributed by atoms with Crippen LogP contribution in [-0.2, 0) is 0 Å². The molecule has 0 unspecified atom stereocenters. The number of pyridine rings is 1. The van der Waals surface area contributed by atoms with Gasteiger partial charge >= 0.3 is 124 Å². The quantitative estimate of drug-likeness (QED) is 0.684. The third-order valence-corrected chi connectivity index (χ3v) is 3.41. The average molecular weight is 327 g/mol. The summed E-state index contributed by atoms with van der Waals surface area (Å²) in [7, 11) is 1.63. The van der Waals surface area contributed by atoms with Gasteiger partial charge in [-0.25, -0.2) is 0 Å². The molecule has 2 radical (unpaired) electrons. The van der Waals surface area contributed by atoms with Crippen LogP contribution >= 0.6 is 0 Å². The second-order valence-electron chi connectivity index (χ2n) is 3.99. The molecule has 0 aliphatic heterocycles. The van der Waals surface area contributed by atoms with Crippen molar-refractivity contribution < 1.29 is 9.47 Å². The third-order valence-electron chi connectivity index (χ3n) is 2.72. The van der Waals surface area contributed by atoms with E-state index in [0.29, 0.717) is 11.6 Å². The molecule has 0 fully saturated rings. The Balaban J connectivity index is 1.92. The van der Waals surface area contributed by atoms with Crippen molar-refractivity contribution in [1.82, 2.24) is 15.0 Å². The molecule has 3 aromatic rings. The van der Waals surface area contributed by atoms with Gasteiger partial charge in [0.05, 0.1) is 0 Å². The van der Waals surface area contributed by atoms with E-state index in [9.17, 15) is 0 Å². The molecule has 98 valence electrons. The van der Waals surface area contributed by atoms with Gasteiger partial charge in [-0.05, 0) is 0 Å². The van der Waals surface area contributed by atoms with E-state index in [4.69, 9.17) is 9.47 Å². The van der Waals surface area contributed by atoms with Gasteiger partial charge in [-0.2, -0.15) is 0 Å². The molecule has 0 bridgehead atoms. The van der Waals surface area contributed by atoms with Gasteiger partial charge in [0.25, 0.3) is 0 Å². The van der Waals surface area contributed by atoms with E-state index in [1.807, 2.05) is 30.3 Å². The summed E-state index contributed by atoms with van der Waals surface area (Å²) in [5, 5.41) is 0. The fourth-order valence-corrected chi connectivity index (χ4v) is 2.18. The van der Waals surface area contributed by atoms with Gasteiger partial charge in [0, 0.05) is 0 Å². The summed E-state index contributed by atoms with van der Waals surface area (Å²) >= 11 is 2.38. The number of hydrogen-bond acceptors (Lipinski definition) is 5. The SMILES string of the molecule is COc1ccc(Oc2ccc3ncnc([As])c3n2)cc1. The Bertz CT molecular complexity index is 747. The molecule has 0 saturated carbocycles. The zero-order valence-electron chi connectivity index (χ0n) is 10.6. The summed E-state index contributed by atoms with van der Waals surface area (Å²) in [5.74, 6) is 1.98. The molecule has 5 nitrogen and oxygen atoms in total. The number of ether oxygens (including phenoxy) is 2. The van der Waals surface area contributed by atoms with Crippen LogP contribution in [0.15, 0.2) is 42.7 Å². The minimum absolute atomic E-state index is 0.504. The predicted molar refractivity (Wildman–Crippen MR) is 75.8 cm³/mol. The van der Waals surface area contributed by atoms with E-state index in [1.165, 1.54) is 6.33 Å². The molecule has 0 saturated heterocycles. The van der Waals surface area contributed by atoms with E-state index in [2.05, 4.69) is 31.8 Å². The molecule has 20 heavy (non-hydrogen) atoms. The van der Waals surface area contributed by atoms with Gasteiger partial charge in [0.2, 0.25) is 0 Å². The second-order valence-corrected chi connectivity index (χ2v) is 4.88. The van der Waals surface area contributed by atoms with Crippen molar-refractivity contribution in [3.05, 3.63) is 42.7 Å². The molecule has 6 heteroatoms. The molecular formula is C14H10AsN3O2. The summed E-state index contributed by atoms with van der Waals surface area (Å²) in [4.78, 5) is 12.7. The van der Waals surface area contributed by atoms with E-state index >= 15 is 0 Å². The number of methoxy groups -OCH3 is 1. The number of rotatable bonds is 3. The molecule has 0 spiro atoms. The average Bonchev–Trinajstić information content (AvgIpc) is 2.49. The van der Waals surface area contributed by atoms with Crippen LogP contribution in [0.3, 0.4) is 0 Å². The van der Waals surface area contributed by atoms with E-state index in [1.54, 1.807) is 13.2 Å². The number of benzene rings is 1. The Morgan fingerprint density at radius 3 is 2.45 bits per heavy atom. The number of fused-ring (bicyclic) bond motifs is 1. The molecular weight excluding hydrogens is 317 g/mol. The number of aromatic nitrogens is 3. The summed E-state index contributed by atoms with van der Waals surface area (Å²) < 4.78 is 11.6. The topological polar surface area (TPSA) is 57.1 Å². The maximum absolute atomic E-state index is 5.71. The zero-order chi connectivity index (χ0) is 13.9. The van der Waals surface area contributed by atoms with Gasteiger partial charge in [-0.1, -0.05) is 0 Å². The third kappa shape index (κ3) is 2.58. The van der Waals surface area contributed by atoms with Crippen molar-refractivity contribution in [2.45, 2.75) is 0 Å². The fraction of sp³-hybridized carbons (Fsp3) is 0.0714. The fourth-order valence-electron chi connectivity index (χ4n) is 1.73. The zero-order valence-corrected chi connectivity index (χ0v) is 12.5. The summed E-state index contributed by atoms with van der Waals surface area (Å²) in [5.41, 5.74) is 1.51. The molecule has 2 heterocycles. The summed E-state index contributed by atoms with van der Waals surface area (Å²) in [6.07, 6.45) is 1.52. The Morgan fingerprint density at radius 1 is 0.950 bits per heavy atom. The van der Waals surface area contributed by atoms with Crippen molar-refractivity contribution in [3.63, 3.8) is 0 Å². The van der Waals surface area contributed by atoms with E-state index in [-0.39, 0.29) is 0 Å². The first-order valence-electron chi connectivity index (χ1n) is 5.89. The van der Waals surface area contributed by atoms with Gasteiger partial charge < -0.3 is 0 Å². The Hall–Kier alpha value is -2.13. The van der Waals surface area contributed by atoms with Gasteiger partial charge in [0.1, 0.15) is 0 Å². The van der Waals surface area contributed by atoms with Crippen LogP contribution in [-0.4, -0.2) is 38.9 Å². The molecule has 0 atom stereocenters. The van der Waals surface area contributed by atoms with Crippen molar-refractivity contribution in [2.75, 3.05) is 7.11 Å². The van der Waals surface area contributed by atoms with Crippen molar-refractivity contribution in [1.29, 1.82) is 0 Å². The van der Waals surface area contributed by atoms with E-state index < -0.39 is 0 Å².